The standard InChI is InChI=1S/C26H36F3N5O4S/c1-4-5-7-18-16-24(2,3)33(17-18)22-19(23(35)32-39(36)37)8-9-20(30-22)34-14-10-21(31-34)38-15-6-11-25(12-13-25)26(27,28)29/h8-10,14,18H,4-7,11-13,15-17H2,1-3H3,(H,32,35)(H,36,37)/p-1/t18-/m0/s1. The summed E-state index contributed by atoms with van der Waals surface area (Å²) < 4.78 is 70.7. The van der Waals surface area contributed by atoms with Gasteiger partial charge in [-0.3, -0.25) is 13.7 Å². The lowest BCUT2D eigenvalue weighted by Crippen LogP contribution is -2.40. The number of carbonyl (C=O) groups is 1. The third-order valence-electron chi connectivity index (χ3n) is 7.77. The fraction of sp³-hybridized carbons (Fsp3) is 0.654. The number of amides is 1. The van der Waals surface area contributed by atoms with Gasteiger partial charge in [0.25, 0.3) is 5.91 Å². The molecular formula is C26H35F3N5O4S-. The quantitative estimate of drug-likeness (QED) is 0.280. The van der Waals surface area contributed by atoms with Gasteiger partial charge in [-0.05, 0) is 70.4 Å². The second kappa shape index (κ2) is 11.4. The predicted octanol–water partition coefficient (Wildman–Crippen LogP) is 5.09. The Morgan fingerprint density at radius 2 is 2.00 bits per heavy atom. The Labute approximate surface area is 228 Å². The highest BCUT2D eigenvalue weighted by Crippen LogP contribution is 2.60. The lowest BCUT2D eigenvalue weighted by atomic mass is 9.93. The molecule has 0 radical (unpaired) electrons. The normalized spacial score (nSPS) is 20.6. The van der Waals surface area contributed by atoms with Crippen molar-refractivity contribution in [2.75, 3.05) is 18.1 Å². The molecule has 1 amide bonds. The SMILES string of the molecule is CCCC[C@@H]1CN(c2nc(-n3ccc(OCCCC4(C(F)(F)F)CC4)n3)ccc2C(=O)NS(=O)[O-])C(C)(C)C1. The van der Waals surface area contributed by atoms with E-state index in [1.165, 1.54) is 10.7 Å². The molecule has 0 bridgehead atoms. The average molecular weight is 571 g/mol. The number of alkyl halides is 3. The Balaban J connectivity index is 1.51. The van der Waals surface area contributed by atoms with Crippen LogP contribution in [-0.2, 0) is 11.3 Å². The van der Waals surface area contributed by atoms with Crippen molar-refractivity contribution in [2.24, 2.45) is 11.3 Å². The highest BCUT2D eigenvalue weighted by Gasteiger charge is 2.62. The fourth-order valence-electron chi connectivity index (χ4n) is 5.45. The van der Waals surface area contributed by atoms with Gasteiger partial charge >= 0.3 is 6.18 Å². The molecule has 1 aliphatic carbocycles. The lowest BCUT2D eigenvalue weighted by molar-refractivity contribution is -0.189. The number of aromatic nitrogens is 3. The van der Waals surface area contributed by atoms with E-state index in [1.54, 1.807) is 18.3 Å². The number of ether oxygens (including phenoxy) is 1. The summed E-state index contributed by atoms with van der Waals surface area (Å²) in [5, 5.41) is 4.35. The van der Waals surface area contributed by atoms with Crippen LogP contribution in [0.2, 0.25) is 0 Å². The van der Waals surface area contributed by atoms with Crippen LogP contribution in [0.5, 0.6) is 5.88 Å². The molecule has 1 aliphatic heterocycles. The van der Waals surface area contributed by atoms with Crippen molar-refractivity contribution in [3.05, 3.63) is 30.0 Å². The van der Waals surface area contributed by atoms with Gasteiger partial charge in [0, 0.05) is 35.6 Å². The maximum atomic E-state index is 13.1. The molecule has 1 unspecified atom stereocenters. The number of halogens is 3. The summed E-state index contributed by atoms with van der Waals surface area (Å²) >= 11 is -2.78. The lowest BCUT2D eigenvalue weighted by Gasteiger charge is -2.34. The van der Waals surface area contributed by atoms with Crippen LogP contribution in [0, 0.1) is 11.3 Å². The van der Waals surface area contributed by atoms with E-state index in [0.29, 0.717) is 24.1 Å². The molecule has 2 aliphatic rings. The van der Waals surface area contributed by atoms with E-state index in [4.69, 9.17) is 9.72 Å². The van der Waals surface area contributed by atoms with Crippen LogP contribution in [0.4, 0.5) is 19.0 Å². The van der Waals surface area contributed by atoms with E-state index in [-0.39, 0.29) is 49.3 Å². The summed E-state index contributed by atoms with van der Waals surface area (Å²) in [7, 11) is 0. The maximum Gasteiger partial charge on any atom is 0.394 e. The summed E-state index contributed by atoms with van der Waals surface area (Å²) in [5.74, 6) is 0.634. The van der Waals surface area contributed by atoms with Crippen molar-refractivity contribution >= 4 is 23.0 Å². The first kappa shape index (κ1) is 29.3. The molecule has 0 spiro atoms. The Morgan fingerprint density at radius 3 is 2.64 bits per heavy atom. The van der Waals surface area contributed by atoms with E-state index in [9.17, 15) is 26.7 Å². The zero-order valence-corrected chi connectivity index (χ0v) is 23.2. The van der Waals surface area contributed by atoms with Crippen LogP contribution < -0.4 is 14.4 Å². The number of hydrogen-bond donors (Lipinski definition) is 1. The Bertz CT molecular complexity index is 1200. The Hall–Kier alpha value is -2.67. The van der Waals surface area contributed by atoms with Gasteiger partial charge in [0.1, 0.15) is 5.82 Å². The first-order chi connectivity index (χ1) is 18.3. The van der Waals surface area contributed by atoms with E-state index in [2.05, 4.69) is 30.8 Å². The summed E-state index contributed by atoms with van der Waals surface area (Å²) in [6.07, 6.45) is 2.21. The number of hydrogen-bond acceptors (Lipinski definition) is 7. The summed E-state index contributed by atoms with van der Waals surface area (Å²) in [6, 6.07) is 4.67. The van der Waals surface area contributed by atoms with Gasteiger partial charge in [-0.1, -0.05) is 19.8 Å². The van der Waals surface area contributed by atoms with Crippen LogP contribution in [0.3, 0.4) is 0 Å². The maximum absolute atomic E-state index is 13.1. The summed E-state index contributed by atoms with van der Waals surface area (Å²) in [4.78, 5) is 19.5. The molecule has 2 fully saturated rings. The molecule has 0 aromatic carbocycles. The molecule has 1 saturated carbocycles. The minimum Gasteiger partial charge on any atom is -0.755 e. The first-order valence-corrected chi connectivity index (χ1v) is 14.4. The minimum absolute atomic E-state index is 0.0324. The van der Waals surface area contributed by atoms with Crippen molar-refractivity contribution in [3.63, 3.8) is 0 Å². The van der Waals surface area contributed by atoms with Crippen LogP contribution >= 0.6 is 0 Å². The molecule has 2 aromatic heterocycles. The largest absolute Gasteiger partial charge is 0.755 e. The van der Waals surface area contributed by atoms with Crippen molar-refractivity contribution in [1.82, 2.24) is 19.5 Å². The molecule has 216 valence electrons. The Morgan fingerprint density at radius 1 is 1.26 bits per heavy atom. The zero-order valence-electron chi connectivity index (χ0n) is 22.4. The van der Waals surface area contributed by atoms with Crippen LogP contribution in [-0.4, -0.2) is 54.3 Å². The second-order valence-electron chi connectivity index (χ2n) is 11.2. The minimum atomic E-state index is -4.18. The molecule has 13 heteroatoms. The second-order valence-corrected chi connectivity index (χ2v) is 11.8. The molecule has 3 heterocycles. The van der Waals surface area contributed by atoms with Crippen LogP contribution in [0.15, 0.2) is 24.4 Å². The van der Waals surface area contributed by atoms with Crippen molar-refractivity contribution < 1.29 is 31.5 Å². The molecular weight excluding hydrogens is 535 g/mol. The number of anilines is 1. The molecule has 2 atom stereocenters. The van der Waals surface area contributed by atoms with Gasteiger partial charge in [-0.25, -0.2) is 9.67 Å². The van der Waals surface area contributed by atoms with E-state index in [0.717, 1.165) is 25.7 Å². The predicted molar refractivity (Wildman–Crippen MR) is 139 cm³/mol. The summed E-state index contributed by atoms with van der Waals surface area (Å²) in [6.45, 7) is 7.08. The van der Waals surface area contributed by atoms with Gasteiger partial charge in [-0.2, -0.15) is 13.2 Å². The number of rotatable bonds is 12. The van der Waals surface area contributed by atoms with E-state index < -0.39 is 28.8 Å². The van der Waals surface area contributed by atoms with Gasteiger partial charge in [0.15, 0.2) is 5.82 Å². The Kier molecular flexibility index (Phi) is 8.60. The first-order valence-electron chi connectivity index (χ1n) is 13.3. The zero-order chi connectivity index (χ0) is 28.4. The molecule has 2 aromatic rings. The monoisotopic (exact) mass is 570 g/mol. The van der Waals surface area contributed by atoms with Gasteiger partial charge in [-0.15, -0.1) is 5.10 Å². The summed E-state index contributed by atoms with van der Waals surface area (Å²) in [5.41, 5.74) is -1.74. The van der Waals surface area contributed by atoms with Gasteiger partial charge < -0.3 is 14.2 Å². The van der Waals surface area contributed by atoms with Crippen molar-refractivity contribution in [2.45, 2.75) is 83.9 Å². The third-order valence-corrected chi connectivity index (χ3v) is 8.12. The number of nitrogens with one attached hydrogen (secondary N) is 1. The molecule has 9 nitrogen and oxygen atoms in total. The van der Waals surface area contributed by atoms with Crippen molar-refractivity contribution in [3.8, 4) is 11.7 Å². The van der Waals surface area contributed by atoms with Crippen LogP contribution in [0.25, 0.3) is 5.82 Å². The molecule has 39 heavy (non-hydrogen) atoms. The number of unbranched alkanes of at least 4 members (excludes halogenated alkanes) is 1. The molecule has 1 N–H and O–H groups in total. The number of pyridine rings is 1. The van der Waals surface area contributed by atoms with Gasteiger partial charge in [0.2, 0.25) is 5.88 Å². The van der Waals surface area contributed by atoms with E-state index >= 15 is 0 Å². The molecule has 4 rings (SSSR count). The highest BCUT2D eigenvalue weighted by atomic mass is 32.2. The fourth-order valence-corrected chi connectivity index (χ4v) is 5.71. The average Bonchev–Trinajstić information content (AvgIpc) is 3.41. The smallest absolute Gasteiger partial charge is 0.394 e. The third kappa shape index (κ3) is 6.74. The van der Waals surface area contributed by atoms with Gasteiger partial charge in [0.05, 0.1) is 17.6 Å². The van der Waals surface area contributed by atoms with E-state index in [1.807, 2.05) is 4.72 Å². The topological polar surface area (TPSA) is 112 Å². The van der Waals surface area contributed by atoms with Crippen LogP contribution in [0.1, 0.15) is 82.5 Å². The van der Waals surface area contributed by atoms with Crippen molar-refractivity contribution in [1.29, 1.82) is 0 Å². The number of carbonyl (C=O) groups excluding carboxylic acids is 1. The number of nitrogens with zero attached hydrogens (tertiary/aromatic N) is 4. The molecule has 1 saturated heterocycles. The highest BCUT2D eigenvalue weighted by molar-refractivity contribution is 7.77.